The number of benzene rings is 1. The van der Waals surface area contributed by atoms with Crippen LogP contribution in [-0.2, 0) is 11.8 Å². The van der Waals surface area contributed by atoms with Crippen molar-refractivity contribution in [3.8, 4) is 5.75 Å². The molecular weight excluding hydrogens is 342 g/mol. The summed E-state index contributed by atoms with van der Waals surface area (Å²) in [6, 6.07) is 8.14. The molecule has 1 aromatic heterocycles. The number of hydrogen-bond donors (Lipinski definition) is 1. The Morgan fingerprint density at radius 2 is 2.19 bits per heavy atom. The monoisotopic (exact) mass is 371 g/mol. The predicted molar refractivity (Wildman–Crippen MR) is 106 cm³/mol. The molecule has 1 saturated heterocycles. The van der Waals surface area contributed by atoms with Crippen LogP contribution in [-0.4, -0.2) is 60.5 Å². The third-order valence-electron chi connectivity index (χ3n) is 4.57. The molecule has 7 nitrogen and oxygen atoms in total. The van der Waals surface area contributed by atoms with Gasteiger partial charge in [0.05, 0.1) is 26.0 Å². The molecule has 0 saturated carbocycles. The maximum Gasteiger partial charge on any atom is 0.193 e. The molecule has 0 amide bonds. The number of aromatic nitrogens is 2. The summed E-state index contributed by atoms with van der Waals surface area (Å²) in [5.41, 5.74) is 2.34. The summed E-state index contributed by atoms with van der Waals surface area (Å²) >= 11 is 0. The van der Waals surface area contributed by atoms with Crippen LogP contribution in [0.15, 0.2) is 41.7 Å². The Balaban J connectivity index is 1.42. The maximum absolute atomic E-state index is 5.90. The van der Waals surface area contributed by atoms with Gasteiger partial charge in [-0.3, -0.25) is 9.67 Å². The van der Waals surface area contributed by atoms with Gasteiger partial charge in [0.2, 0.25) is 0 Å². The lowest BCUT2D eigenvalue weighted by Gasteiger charge is -2.34. The van der Waals surface area contributed by atoms with Crippen molar-refractivity contribution in [2.24, 2.45) is 12.0 Å². The quantitative estimate of drug-likeness (QED) is 0.479. The number of morpholine rings is 1. The van der Waals surface area contributed by atoms with Crippen LogP contribution < -0.4 is 10.1 Å². The van der Waals surface area contributed by atoms with E-state index in [1.807, 2.05) is 38.6 Å². The molecule has 0 radical (unpaired) electrons. The minimum Gasteiger partial charge on any atom is -0.494 e. The Kier molecular flexibility index (Phi) is 6.70. The lowest BCUT2D eigenvalue weighted by atomic mass is 10.1. The topological polar surface area (TPSA) is 63.9 Å². The summed E-state index contributed by atoms with van der Waals surface area (Å²) < 4.78 is 13.5. The number of rotatable bonds is 6. The highest BCUT2D eigenvalue weighted by Gasteiger charge is 2.24. The van der Waals surface area contributed by atoms with Crippen molar-refractivity contribution < 1.29 is 9.47 Å². The van der Waals surface area contributed by atoms with Crippen LogP contribution >= 0.6 is 0 Å². The second-order valence-electron chi connectivity index (χ2n) is 6.74. The lowest BCUT2D eigenvalue weighted by Crippen LogP contribution is -2.48. The van der Waals surface area contributed by atoms with E-state index in [1.54, 1.807) is 4.68 Å². The van der Waals surface area contributed by atoms with E-state index in [-0.39, 0.29) is 6.10 Å². The van der Waals surface area contributed by atoms with E-state index in [4.69, 9.17) is 9.47 Å². The third-order valence-corrected chi connectivity index (χ3v) is 4.57. The highest BCUT2D eigenvalue weighted by Crippen LogP contribution is 2.21. The van der Waals surface area contributed by atoms with Crippen molar-refractivity contribution in [1.29, 1.82) is 0 Å². The Labute approximate surface area is 161 Å². The molecule has 1 aliphatic rings. The molecule has 1 aliphatic heterocycles. The van der Waals surface area contributed by atoms with Crippen LogP contribution in [0.1, 0.15) is 23.7 Å². The number of ether oxygens (including phenoxy) is 2. The van der Waals surface area contributed by atoms with Gasteiger partial charge in [-0.1, -0.05) is 17.7 Å². The van der Waals surface area contributed by atoms with Crippen molar-refractivity contribution >= 4 is 5.96 Å². The van der Waals surface area contributed by atoms with Gasteiger partial charge in [0.15, 0.2) is 5.96 Å². The number of guanidine groups is 1. The third kappa shape index (κ3) is 5.47. The van der Waals surface area contributed by atoms with E-state index in [9.17, 15) is 0 Å². The van der Waals surface area contributed by atoms with Crippen molar-refractivity contribution in [3.05, 3.63) is 47.8 Å². The minimum absolute atomic E-state index is 0.0240. The zero-order chi connectivity index (χ0) is 19.1. The SMILES string of the molecule is CN=C(NCCCOc1ccc(C)cc1)N1CCOC(c2cnn(C)c2)C1. The maximum atomic E-state index is 5.90. The molecule has 146 valence electrons. The fourth-order valence-electron chi connectivity index (χ4n) is 3.08. The first-order chi connectivity index (χ1) is 13.2. The van der Waals surface area contributed by atoms with Gasteiger partial charge in [0.1, 0.15) is 11.9 Å². The summed E-state index contributed by atoms with van der Waals surface area (Å²) in [6.45, 7) is 5.84. The molecule has 1 atom stereocenters. The van der Waals surface area contributed by atoms with E-state index in [2.05, 4.69) is 39.4 Å². The molecule has 1 aromatic carbocycles. The van der Waals surface area contributed by atoms with Gasteiger partial charge in [-0.15, -0.1) is 0 Å². The standard InChI is InChI=1S/C20H29N5O2/c1-16-5-7-18(8-6-16)26-11-4-9-22-20(21-2)25-10-12-27-19(15-25)17-13-23-24(3)14-17/h5-8,13-14,19H,4,9-12,15H2,1-3H3,(H,21,22). The zero-order valence-corrected chi connectivity index (χ0v) is 16.4. The number of aliphatic imine (C=N–C) groups is 1. The molecule has 0 aliphatic carbocycles. The average Bonchev–Trinajstić information content (AvgIpc) is 3.13. The Hall–Kier alpha value is -2.54. The summed E-state index contributed by atoms with van der Waals surface area (Å²) in [7, 11) is 3.74. The first kappa shape index (κ1) is 19.2. The molecule has 0 spiro atoms. The zero-order valence-electron chi connectivity index (χ0n) is 16.4. The average molecular weight is 371 g/mol. The second-order valence-corrected chi connectivity index (χ2v) is 6.74. The molecule has 1 fully saturated rings. The predicted octanol–water partition coefficient (Wildman–Crippen LogP) is 2.15. The first-order valence-electron chi connectivity index (χ1n) is 9.41. The van der Waals surface area contributed by atoms with Crippen LogP contribution in [0.25, 0.3) is 0 Å². The lowest BCUT2D eigenvalue weighted by molar-refractivity contribution is -0.00803. The fraction of sp³-hybridized carbons (Fsp3) is 0.500. The number of aryl methyl sites for hydroxylation is 2. The summed E-state index contributed by atoms with van der Waals surface area (Å²) in [6.07, 6.45) is 4.80. The Morgan fingerprint density at radius 3 is 2.89 bits per heavy atom. The largest absolute Gasteiger partial charge is 0.494 e. The highest BCUT2D eigenvalue weighted by atomic mass is 16.5. The van der Waals surface area contributed by atoms with E-state index >= 15 is 0 Å². The van der Waals surface area contributed by atoms with E-state index < -0.39 is 0 Å². The van der Waals surface area contributed by atoms with Crippen LogP contribution in [0, 0.1) is 6.92 Å². The van der Waals surface area contributed by atoms with Crippen LogP contribution in [0.4, 0.5) is 0 Å². The van der Waals surface area contributed by atoms with Crippen LogP contribution in [0.2, 0.25) is 0 Å². The Morgan fingerprint density at radius 1 is 1.37 bits per heavy atom. The molecule has 27 heavy (non-hydrogen) atoms. The summed E-state index contributed by atoms with van der Waals surface area (Å²) in [5, 5.41) is 7.67. The molecule has 3 rings (SSSR count). The van der Waals surface area contributed by atoms with Crippen molar-refractivity contribution in [2.75, 3.05) is 39.9 Å². The van der Waals surface area contributed by atoms with Crippen molar-refractivity contribution in [1.82, 2.24) is 20.0 Å². The molecule has 0 bridgehead atoms. The van der Waals surface area contributed by atoms with Crippen molar-refractivity contribution in [3.63, 3.8) is 0 Å². The minimum atomic E-state index is 0.0240. The highest BCUT2D eigenvalue weighted by molar-refractivity contribution is 5.80. The Bertz CT molecular complexity index is 741. The smallest absolute Gasteiger partial charge is 0.193 e. The summed E-state index contributed by atoms with van der Waals surface area (Å²) in [4.78, 5) is 6.66. The summed E-state index contributed by atoms with van der Waals surface area (Å²) in [5.74, 6) is 1.82. The molecule has 1 unspecified atom stereocenters. The molecule has 7 heteroatoms. The first-order valence-corrected chi connectivity index (χ1v) is 9.41. The van der Waals surface area contributed by atoms with Gasteiger partial charge in [-0.25, -0.2) is 0 Å². The van der Waals surface area contributed by atoms with Gasteiger partial charge >= 0.3 is 0 Å². The number of hydrogen-bond acceptors (Lipinski definition) is 4. The van der Waals surface area contributed by atoms with Gasteiger partial charge in [-0.05, 0) is 25.5 Å². The fourth-order valence-corrected chi connectivity index (χ4v) is 3.08. The van der Waals surface area contributed by atoms with Gasteiger partial charge in [0, 0.05) is 38.9 Å². The van der Waals surface area contributed by atoms with Crippen molar-refractivity contribution in [2.45, 2.75) is 19.4 Å². The van der Waals surface area contributed by atoms with Gasteiger partial charge in [0.25, 0.3) is 0 Å². The van der Waals surface area contributed by atoms with E-state index in [1.165, 1.54) is 5.56 Å². The molecule has 2 heterocycles. The molecule has 1 N–H and O–H groups in total. The molecule has 2 aromatic rings. The van der Waals surface area contributed by atoms with E-state index in [0.29, 0.717) is 13.2 Å². The number of nitrogens with one attached hydrogen (secondary N) is 1. The van der Waals surface area contributed by atoms with Crippen LogP contribution in [0.5, 0.6) is 5.75 Å². The van der Waals surface area contributed by atoms with Gasteiger partial charge < -0.3 is 19.7 Å². The second kappa shape index (κ2) is 9.41. The van der Waals surface area contributed by atoms with E-state index in [0.717, 1.165) is 43.3 Å². The normalized spacial score (nSPS) is 17.8. The number of nitrogens with zero attached hydrogens (tertiary/aromatic N) is 4. The molecular formula is C20H29N5O2. The van der Waals surface area contributed by atoms with Crippen LogP contribution in [0.3, 0.4) is 0 Å². The van der Waals surface area contributed by atoms with Gasteiger partial charge in [-0.2, -0.15) is 5.10 Å².